The molecule has 2 heterocycles. The maximum atomic E-state index is 14.8. The number of benzene rings is 7. The van der Waals surface area contributed by atoms with Gasteiger partial charge >= 0.3 is 17.9 Å². The lowest BCUT2D eigenvalue weighted by atomic mass is 9.80. The highest BCUT2D eigenvalue weighted by molar-refractivity contribution is 7.44. The highest BCUT2D eigenvalue weighted by Crippen LogP contribution is 2.51. The number of anilines is 1. The number of carbonyl (C=O) groups excluding carboxylic acids is 2. The smallest absolute Gasteiger partial charge is 0.497 e. The third-order valence-corrected chi connectivity index (χ3v) is 18.2. The summed E-state index contributed by atoms with van der Waals surface area (Å²) >= 11 is 0. The second-order valence-corrected chi connectivity index (χ2v) is 23.2. The molecule has 0 spiro atoms. The summed E-state index contributed by atoms with van der Waals surface area (Å²) in [5, 5.41) is 12.4. The second kappa shape index (κ2) is 26.8. The Balaban J connectivity index is 0.956. The van der Waals surface area contributed by atoms with E-state index in [9.17, 15) is 19.6 Å². The van der Waals surface area contributed by atoms with Crippen LogP contribution in [0.2, 0.25) is 0 Å². The van der Waals surface area contributed by atoms with Crippen molar-refractivity contribution in [2.75, 3.05) is 45.5 Å². The van der Waals surface area contributed by atoms with Gasteiger partial charge in [-0.25, -0.2) is 19.1 Å². The third-order valence-electron chi connectivity index (χ3n) is 16.1. The van der Waals surface area contributed by atoms with Crippen LogP contribution in [0.1, 0.15) is 90.9 Å². The van der Waals surface area contributed by atoms with Crippen LogP contribution in [-0.4, -0.2) is 97.0 Å². The summed E-state index contributed by atoms with van der Waals surface area (Å²) in [4.78, 5) is 47.4. The number of amides is 1. The summed E-state index contributed by atoms with van der Waals surface area (Å²) in [6.45, 7) is 7.70. The molecule has 2 aliphatic carbocycles. The van der Waals surface area contributed by atoms with Crippen molar-refractivity contribution in [3.63, 3.8) is 0 Å². The van der Waals surface area contributed by atoms with Gasteiger partial charge in [0.25, 0.3) is 8.53 Å². The first-order valence-electron chi connectivity index (χ1n) is 29.0. The van der Waals surface area contributed by atoms with Gasteiger partial charge in [0.05, 0.1) is 39.4 Å². The molecule has 5 atom stereocenters. The summed E-state index contributed by atoms with van der Waals surface area (Å²) in [6, 6.07) is 61.8. The van der Waals surface area contributed by atoms with Gasteiger partial charge in [-0.2, -0.15) is 10.2 Å². The summed E-state index contributed by atoms with van der Waals surface area (Å²) in [7, 11) is -0.461. The predicted molar refractivity (Wildman–Crippen MR) is 328 cm³/mol. The Bertz CT molecular complexity index is 3610. The first-order chi connectivity index (χ1) is 42.0. The van der Waals surface area contributed by atoms with Gasteiger partial charge in [0, 0.05) is 30.1 Å². The zero-order valence-corrected chi connectivity index (χ0v) is 49.5. The molecule has 1 aliphatic heterocycles. The molecule has 16 nitrogen and oxygen atoms in total. The second-order valence-electron chi connectivity index (χ2n) is 21.8. The number of hydrogen-bond donors (Lipinski definition) is 1. The molecule has 1 saturated heterocycles. The zero-order valence-electron chi connectivity index (χ0n) is 48.6. The Kier molecular flexibility index (Phi) is 18.5. The molecule has 1 fully saturated rings. The number of nitrogens with one attached hydrogen (secondary N) is 1. The van der Waals surface area contributed by atoms with Gasteiger partial charge in [-0.15, -0.1) is 0 Å². The van der Waals surface area contributed by atoms with Crippen molar-refractivity contribution in [3.05, 3.63) is 244 Å². The van der Waals surface area contributed by atoms with Crippen LogP contribution in [0.25, 0.3) is 22.3 Å². The number of carbonyl (C=O) groups is 2. The Labute approximate surface area is 502 Å². The Hall–Kier alpha value is -8.52. The Morgan fingerprint density at radius 1 is 0.674 bits per heavy atom. The lowest BCUT2D eigenvalue weighted by Crippen LogP contribution is -2.57. The number of aromatic nitrogens is 2. The lowest BCUT2D eigenvalue weighted by molar-refractivity contribution is -0.184. The minimum Gasteiger partial charge on any atom is -0.497 e. The van der Waals surface area contributed by atoms with Gasteiger partial charge in [-0.1, -0.05) is 170 Å². The van der Waals surface area contributed by atoms with Crippen molar-refractivity contribution in [1.29, 1.82) is 5.26 Å². The van der Waals surface area contributed by atoms with Crippen LogP contribution >= 0.6 is 8.53 Å². The molecule has 1 aromatic heterocycles. The van der Waals surface area contributed by atoms with E-state index >= 15 is 0 Å². The Morgan fingerprint density at radius 3 is 1.67 bits per heavy atom. The molecule has 0 radical (unpaired) electrons. The fourth-order valence-electron chi connectivity index (χ4n) is 12.2. The zero-order chi connectivity index (χ0) is 59.7. The van der Waals surface area contributed by atoms with Crippen LogP contribution in [-0.2, 0) is 38.3 Å². The molecule has 1 amide bonds. The molecule has 11 rings (SSSR count). The number of nitrogens with zero attached hydrogens (tertiary/aromatic N) is 4. The van der Waals surface area contributed by atoms with Crippen LogP contribution in [0.5, 0.6) is 5.75 Å². The van der Waals surface area contributed by atoms with E-state index < -0.39 is 56.4 Å². The number of methoxy groups -OCH3 is 1. The van der Waals surface area contributed by atoms with E-state index in [1.165, 1.54) is 16.8 Å². The predicted octanol–water partition coefficient (Wildman–Crippen LogP) is 13.6. The van der Waals surface area contributed by atoms with E-state index in [0.717, 1.165) is 61.2 Å². The molecular weight excluding hydrogens is 1110 g/mol. The van der Waals surface area contributed by atoms with Gasteiger partial charge in [-0.05, 0) is 107 Å². The fraction of sp³-hybridized carbons (Fsp3) is 0.290. The molecule has 0 saturated carbocycles. The van der Waals surface area contributed by atoms with Crippen LogP contribution in [0.15, 0.2) is 199 Å². The summed E-state index contributed by atoms with van der Waals surface area (Å²) in [5.74, 6) is 0.0946. The standard InChI is InChI=1S/C69H68N5O11P/c1-45(2)74(46(3)4)86(83-40-20-38-70)85-65-62(44-82-69(47-21-8-6-9-22-47,48-23-10-7-11-24-48)49-33-35-50(78-5)36-34-49)79-43-61(64(65)84-68(77)81-42-60-57-31-18-14-27-53(57)54-28-15-19-32-58(54)60)73-39-37-63(71-66(73)75)72-67(76)80-41-59-55-29-16-12-25-51(55)52-26-13-17-30-56(52)59/h6-19,21-37,39,45-46,59-62,64-65H,20,40-44H2,1-5H3,(H,71,72,75,76)/t61-,62-,64+,65-,86?/m1/s1. The van der Waals surface area contributed by atoms with Crippen LogP contribution in [0.3, 0.4) is 0 Å². The van der Waals surface area contributed by atoms with Gasteiger partial charge in [-0.3, -0.25) is 9.88 Å². The topological polar surface area (TPSA) is 182 Å². The summed E-state index contributed by atoms with van der Waals surface area (Å²) in [5.41, 5.74) is 8.73. The van der Waals surface area contributed by atoms with E-state index in [0.29, 0.717) is 5.75 Å². The van der Waals surface area contributed by atoms with Crippen LogP contribution < -0.4 is 15.7 Å². The van der Waals surface area contributed by atoms with Crippen molar-refractivity contribution in [2.24, 2.45) is 0 Å². The summed E-state index contributed by atoms with van der Waals surface area (Å²) < 4.78 is 55.9. The van der Waals surface area contributed by atoms with Crippen molar-refractivity contribution in [2.45, 2.75) is 88.0 Å². The maximum Gasteiger partial charge on any atom is 0.508 e. The molecule has 3 aliphatic rings. The SMILES string of the molecule is COc1ccc(C(OC[C@H]2OC[C@@H](n3ccc(NC(=O)OCC4c5ccccc5-c5ccccc54)nc3=O)[C@H](OC(=O)OCC3c4ccccc4-c4ccccc43)[C@@H]2OP(OCCC#N)N(C(C)C)C(C)C)(c2ccccc2)c2ccccc2)cc1. The van der Waals surface area contributed by atoms with E-state index in [4.69, 9.17) is 37.5 Å². The van der Waals surface area contributed by atoms with Crippen molar-refractivity contribution >= 4 is 26.6 Å². The van der Waals surface area contributed by atoms with E-state index in [-0.39, 0.29) is 69.2 Å². The molecule has 1 unspecified atom stereocenters. The molecule has 86 heavy (non-hydrogen) atoms. The quantitative estimate of drug-likeness (QED) is 0.0293. The van der Waals surface area contributed by atoms with E-state index in [1.807, 2.05) is 185 Å². The molecule has 17 heteroatoms. The van der Waals surface area contributed by atoms with Gasteiger partial charge in [0.15, 0.2) is 6.10 Å². The molecular formula is C69H68N5O11P. The Morgan fingerprint density at radius 2 is 1.17 bits per heavy atom. The monoisotopic (exact) mass is 1170 g/mol. The van der Waals surface area contributed by atoms with Gasteiger partial charge < -0.3 is 37.5 Å². The van der Waals surface area contributed by atoms with Crippen molar-refractivity contribution in [3.8, 4) is 34.1 Å². The van der Waals surface area contributed by atoms with E-state index in [1.54, 1.807) is 7.11 Å². The first-order valence-corrected chi connectivity index (χ1v) is 30.1. The first kappa shape index (κ1) is 59.2. The number of nitriles is 1. The highest BCUT2D eigenvalue weighted by Gasteiger charge is 2.50. The fourth-order valence-corrected chi connectivity index (χ4v) is 14.0. The largest absolute Gasteiger partial charge is 0.508 e. The maximum absolute atomic E-state index is 14.8. The molecule has 8 aromatic rings. The molecule has 0 bridgehead atoms. The number of fused-ring (bicyclic) bond motifs is 6. The molecule has 7 aromatic carbocycles. The van der Waals surface area contributed by atoms with Crippen molar-refractivity contribution in [1.82, 2.24) is 14.2 Å². The average molecular weight is 1170 g/mol. The van der Waals surface area contributed by atoms with Crippen LogP contribution in [0.4, 0.5) is 15.4 Å². The van der Waals surface area contributed by atoms with Gasteiger partial charge in [0.1, 0.15) is 48.6 Å². The third kappa shape index (κ3) is 12.3. The summed E-state index contributed by atoms with van der Waals surface area (Å²) in [6.07, 6.45) is -3.94. The molecule has 440 valence electrons. The van der Waals surface area contributed by atoms with E-state index in [2.05, 4.69) is 45.3 Å². The molecule has 1 N–H and O–H groups in total. The number of hydrogen-bond acceptors (Lipinski definition) is 14. The number of ether oxygens (including phenoxy) is 6. The normalized spacial score (nSPS) is 17.5. The minimum atomic E-state index is -2.08. The van der Waals surface area contributed by atoms with Gasteiger partial charge in [0.2, 0.25) is 0 Å². The highest BCUT2D eigenvalue weighted by atomic mass is 31.2. The number of rotatable bonds is 22. The van der Waals surface area contributed by atoms with Crippen molar-refractivity contribution < 1.29 is 47.1 Å². The average Bonchev–Trinajstić information content (AvgIpc) is 1.25. The van der Waals surface area contributed by atoms with Crippen LogP contribution in [0, 0.1) is 11.3 Å². The lowest BCUT2D eigenvalue weighted by Gasteiger charge is -2.46. The minimum absolute atomic E-state index is 0.0261.